The number of anilines is 3. The van der Waals surface area contributed by atoms with Crippen molar-refractivity contribution in [1.29, 1.82) is 5.26 Å². The quantitative estimate of drug-likeness (QED) is 0.469. The first kappa shape index (κ1) is 20.8. The molecule has 0 aliphatic heterocycles. The molecular weight excluding hydrogens is 427 g/mol. The third kappa shape index (κ3) is 3.60. The summed E-state index contributed by atoms with van der Waals surface area (Å²) in [5, 5.41) is 22.2. The molecule has 0 bridgehead atoms. The molecule has 0 unspecified atom stereocenters. The van der Waals surface area contributed by atoms with Gasteiger partial charge in [0.25, 0.3) is 5.56 Å². The van der Waals surface area contributed by atoms with E-state index in [-0.39, 0.29) is 50.9 Å². The monoisotopic (exact) mass is 444 g/mol. The number of aromatic nitrogens is 4. The zero-order chi connectivity index (χ0) is 22.4. The van der Waals surface area contributed by atoms with Crippen molar-refractivity contribution in [2.75, 3.05) is 16.8 Å². The van der Waals surface area contributed by atoms with E-state index in [1.807, 2.05) is 6.07 Å². The second-order valence-corrected chi connectivity index (χ2v) is 7.78. The number of hydrogen-bond acceptors (Lipinski definition) is 9. The van der Waals surface area contributed by atoms with Crippen LogP contribution < -0.4 is 22.3 Å². The number of aliphatic hydroxyl groups excluding tert-OH is 1. The van der Waals surface area contributed by atoms with Crippen LogP contribution in [0.1, 0.15) is 43.2 Å². The molecule has 0 amide bonds. The topological polar surface area (TPSA) is 169 Å². The van der Waals surface area contributed by atoms with Gasteiger partial charge in [-0.1, -0.05) is 11.6 Å². The van der Waals surface area contributed by atoms with Crippen LogP contribution in [0.15, 0.2) is 16.9 Å². The number of fused-ring (bicyclic) bond motifs is 1. The van der Waals surface area contributed by atoms with E-state index in [2.05, 4.69) is 20.3 Å². The first-order chi connectivity index (χ1) is 14.7. The molecule has 31 heavy (non-hydrogen) atoms. The molecule has 1 atom stereocenters. The van der Waals surface area contributed by atoms with Gasteiger partial charge in [0.05, 0.1) is 28.1 Å². The van der Waals surface area contributed by atoms with E-state index in [0.717, 1.165) is 12.1 Å². The lowest BCUT2D eigenvalue weighted by molar-refractivity contribution is 0.0454. The smallest absolute Gasteiger partial charge is 0.261 e. The van der Waals surface area contributed by atoms with E-state index < -0.39 is 23.5 Å². The van der Waals surface area contributed by atoms with Crippen LogP contribution in [-0.2, 0) is 0 Å². The number of nitrogens with zero attached hydrogens (tertiary/aromatic N) is 5. The van der Waals surface area contributed by atoms with Crippen LogP contribution in [-0.4, -0.2) is 30.7 Å². The summed E-state index contributed by atoms with van der Waals surface area (Å²) in [5.41, 5.74) is 11.1. The summed E-state index contributed by atoms with van der Waals surface area (Å²) in [6.07, 6.45) is 0.172. The van der Waals surface area contributed by atoms with Gasteiger partial charge in [-0.3, -0.25) is 9.36 Å². The van der Waals surface area contributed by atoms with Gasteiger partial charge < -0.3 is 21.9 Å². The minimum atomic E-state index is -0.656. The summed E-state index contributed by atoms with van der Waals surface area (Å²) in [6.45, 7) is 1.70. The van der Waals surface area contributed by atoms with Crippen molar-refractivity contribution in [1.82, 2.24) is 19.5 Å². The Morgan fingerprint density at radius 2 is 2.06 bits per heavy atom. The summed E-state index contributed by atoms with van der Waals surface area (Å²) in [5.74, 6) is -0.506. The molecule has 10 nitrogen and oxygen atoms in total. The van der Waals surface area contributed by atoms with Crippen molar-refractivity contribution in [3.8, 4) is 6.07 Å². The molecule has 1 aliphatic carbocycles. The summed E-state index contributed by atoms with van der Waals surface area (Å²) in [6, 6.07) is 3.10. The van der Waals surface area contributed by atoms with Crippen LogP contribution in [0.2, 0.25) is 5.02 Å². The molecule has 0 saturated heterocycles. The molecule has 6 N–H and O–H groups in total. The third-order valence-corrected chi connectivity index (χ3v) is 5.50. The van der Waals surface area contributed by atoms with Crippen LogP contribution in [0.4, 0.5) is 22.0 Å². The van der Waals surface area contributed by atoms with E-state index in [1.54, 1.807) is 6.92 Å². The first-order valence-electron chi connectivity index (χ1n) is 9.38. The number of nitrogens with one attached hydrogen (secondary N) is 1. The van der Waals surface area contributed by atoms with Gasteiger partial charge in [-0.25, -0.2) is 9.37 Å². The lowest BCUT2D eigenvalue weighted by Crippen LogP contribution is -2.40. The molecule has 0 spiro atoms. The molecule has 2 heterocycles. The van der Waals surface area contributed by atoms with Crippen molar-refractivity contribution in [2.45, 2.75) is 38.0 Å². The van der Waals surface area contributed by atoms with E-state index in [9.17, 15) is 19.6 Å². The number of halogens is 2. The van der Waals surface area contributed by atoms with Crippen LogP contribution in [0.25, 0.3) is 10.9 Å². The predicted octanol–water partition coefficient (Wildman–Crippen LogP) is 1.88. The second-order valence-electron chi connectivity index (χ2n) is 7.38. The largest absolute Gasteiger partial charge is 0.393 e. The average Bonchev–Trinajstić information content (AvgIpc) is 2.66. The molecule has 0 radical (unpaired) electrons. The third-order valence-electron chi connectivity index (χ3n) is 5.21. The zero-order valence-electron chi connectivity index (χ0n) is 16.3. The summed E-state index contributed by atoms with van der Waals surface area (Å²) < 4.78 is 15.3. The van der Waals surface area contributed by atoms with E-state index in [4.69, 9.17) is 23.1 Å². The fourth-order valence-electron chi connectivity index (χ4n) is 3.65. The second kappa shape index (κ2) is 7.64. The van der Waals surface area contributed by atoms with E-state index in [0.29, 0.717) is 12.8 Å². The van der Waals surface area contributed by atoms with E-state index in [1.165, 1.54) is 4.57 Å². The van der Waals surface area contributed by atoms with Gasteiger partial charge in [0.15, 0.2) is 5.82 Å². The minimum absolute atomic E-state index is 0.00472. The summed E-state index contributed by atoms with van der Waals surface area (Å²) in [7, 11) is 0. The van der Waals surface area contributed by atoms with Crippen molar-refractivity contribution in [3.05, 3.63) is 44.7 Å². The first-order valence-corrected chi connectivity index (χ1v) is 9.76. The molecule has 1 fully saturated rings. The SMILES string of the molecule is C[C@H](Nc1nc(N)nc(N)c1C#N)c1nc2c(Cl)cc(F)cc2c(=O)n1C1CC(O)C1. The number of rotatable bonds is 4. The van der Waals surface area contributed by atoms with Gasteiger partial charge in [0, 0.05) is 6.04 Å². The van der Waals surface area contributed by atoms with Crippen molar-refractivity contribution in [2.24, 2.45) is 0 Å². The number of nitriles is 1. The Bertz CT molecular complexity index is 1300. The fraction of sp³-hybridized carbons (Fsp3) is 0.316. The Labute approximate surface area is 180 Å². The lowest BCUT2D eigenvalue weighted by atomic mass is 9.89. The standard InChI is InChI=1S/C19H18ClFN8O2/c1-7(25-16-12(6-22)15(23)27-19(24)28-16)17-26-14-11(2-8(21)3-13(14)20)18(31)29(17)9-4-10(30)5-9/h2-3,7,9-10,30H,4-5H2,1H3,(H5,23,24,25,27,28)/t7-,9?,10?/m0/s1. The van der Waals surface area contributed by atoms with Gasteiger partial charge >= 0.3 is 0 Å². The van der Waals surface area contributed by atoms with Gasteiger partial charge in [-0.2, -0.15) is 15.2 Å². The molecule has 1 saturated carbocycles. The van der Waals surface area contributed by atoms with Gasteiger partial charge in [0.2, 0.25) is 5.95 Å². The highest BCUT2D eigenvalue weighted by Gasteiger charge is 2.33. The average molecular weight is 445 g/mol. The summed E-state index contributed by atoms with van der Waals surface area (Å²) >= 11 is 6.16. The Balaban J connectivity index is 1.88. The molecule has 1 aliphatic rings. The maximum Gasteiger partial charge on any atom is 0.261 e. The van der Waals surface area contributed by atoms with E-state index >= 15 is 0 Å². The maximum atomic E-state index is 13.9. The van der Waals surface area contributed by atoms with Gasteiger partial charge in [-0.15, -0.1) is 0 Å². The Morgan fingerprint density at radius 3 is 2.71 bits per heavy atom. The number of aliphatic hydroxyl groups is 1. The highest BCUT2D eigenvalue weighted by atomic mass is 35.5. The van der Waals surface area contributed by atoms with Crippen LogP contribution in [0, 0.1) is 17.1 Å². The Hall–Kier alpha value is -3.49. The van der Waals surface area contributed by atoms with Crippen molar-refractivity contribution >= 4 is 40.1 Å². The van der Waals surface area contributed by atoms with Crippen molar-refractivity contribution in [3.63, 3.8) is 0 Å². The number of benzene rings is 1. The molecule has 2 aromatic heterocycles. The van der Waals surface area contributed by atoms with Gasteiger partial charge in [0.1, 0.15) is 29.1 Å². The Morgan fingerprint density at radius 1 is 1.35 bits per heavy atom. The minimum Gasteiger partial charge on any atom is -0.393 e. The molecule has 1 aromatic carbocycles. The number of nitrogens with two attached hydrogens (primary N) is 2. The molecule has 12 heteroatoms. The lowest BCUT2D eigenvalue weighted by Gasteiger charge is -2.35. The predicted molar refractivity (Wildman–Crippen MR) is 113 cm³/mol. The highest BCUT2D eigenvalue weighted by Crippen LogP contribution is 2.35. The maximum absolute atomic E-state index is 13.9. The zero-order valence-corrected chi connectivity index (χ0v) is 17.1. The van der Waals surface area contributed by atoms with Crippen LogP contribution in [0.5, 0.6) is 0 Å². The highest BCUT2D eigenvalue weighted by molar-refractivity contribution is 6.35. The van der Waals surface area contributed by atoms with Crippen LogP contribution >= 0.6 is 11.6 Å². The summed E-state index contributed by atoms with van der Waals surface area (Å²) in [4.78, 5) is 25.6. The normalized spacial score (nSPS) is 18.9. The van der Waals surface area contributed by atoms with Crippen molar-refractivity contribution < 1.29 is 9.50 Å². The van der Waals surface area contributed by atoms with Crippen LogP contribution in [0.3, 0.4) is 0 Å². The number of hydrogen-bond donors (Lipinski definition) is 4. The van der Waals surface area contributed by atoms with Gasteiger partial charge in [-0.05, 0) is 31.9 Å². The molecule has 160 valence electrons. The molecule has 3 aromatic rings. The molecular formula is C19H18ClFN8O2. The number of nitrogen functional groups attached to an aromatic ring is 2. The fourth-order valence-corrected chi connectivity index (χ4v) is 3.90. The molecule has 4 rings (SSSR count). The Kier molecular flexibility index (Phi) is 5.12.